The van der Waals surface area contributed by atoms with E-state index in [4.69, 9.17) is 0 Å². The maximum absolute atomic E-state index is 11.6. The number of sulfone groups is 1. The molecule has 0 spiro atoms. The van der Waals surface area contributed by atoms with Crippen molar-refractivity contribution in [2.45, 2.75) is 78.1 Å². The highest BCUT2D eigenvalue weighted by atomic mass is 32.2. The van der Waals surface area contributed by atoms with Crippen molar-refractivity contribution in [2.75, 3.05) is 11.5 Å². The average Bonchev–Trinajstić information content (AvgIpc) is 2.30. The van der Waals surface area contributed by atoms with Crippen molar-refractivity contribution >= 4 is 9.84 Å². The molecule has 0 atom stereocenters. The summed E-state index contributed by atoms with van der Waals surface area (Å²) in [6, 6.07) is 0. The van der Waals surface area contributed by atoms with Crippen molar-refractivity contribution in [1.82, 2.24) is 0 Å². The van der Waals surface area contributed by atoms with Gasteiger partial charge in [-0.25, -0.2) is 8.42 Å². The molecule has 0 fully saturated rings. The zero-order chi connectivity index (χ0) is 13.0. The molecular weight excluding hydrogens is 232 g/mol. The minimum atomic E-state index is -2.75. The number of unbranched alkanes of at least 4 members (excludes halogenated alkanes) is 8. The predicted molar refractivity (Wildman–Crippen MR) is 76.2 cm³/mol. The summed E-state index contributed by atoms with van der Waals surface area (Å²) in [7, 11) is -2.75. The van der Waals surface area contributed by atoms with E-state index in [-0.39, 0.29) is 0 Å². The monoisotopic (exact) mass is 262 g/mol. The Morgan fingerprint density at radius 3 is 1.53 bits per heavy atom. The lowest BCUT2D eigenvalue weighted by Gasteiger charge is -2.03. The summed E-state index contributed by atoms with van der Waals surface area (Å²) in [6.45, 7) is 4.26. The maximum atomic E-state index is 11.6. The number of rotatable bonds is 12. The lowest BCUT2D eigenvalue weighted by Crippen LogP contribution is -2.10. The second-order valence-electron chi connectivity index (χ2n) is 4.98. The molecule has 0 bridgehead atoms. The fourth-order valence-electron chi connectivity index (χ4n) is 1.92. The Balaban J connectivity index is 3.32. The van der Waals surface area contributed by atoms with Crippen LogP contribution < -0.4 is 0 Å². The topological polar surface area (TPSA) is 34.1 Å². The van der Waals surface area contributed by atoms with E-state index >= 15 is 0 Å². The summed E-state index contributed by atoms with van der Waals surface area (Å²) in [6.07, 6.45) is 11.5. The van der Waals surface area contributed by atoms with Crippen molar-refractivity contribution in [2.24, 2.45) is 0 Å². The molecule has 17 heavy (non-hydrogen) atoms. The van der Waals surface area contributed by atoms with E-state index < -0.39 is 9.84 Å². The quantitative estimate of drug-likeness (QED) is 0.490. The molecule has 0 heterocycles. The predicted octanol–water partition coefficient (Wildman–Crippen LogP) is 4.34. The van der Waals surface area contributed by atoms with E-state index in [1.807, 2.05) is 6.92 Å². The van der Waals surface area contributed by atoms with Gasteiger partial charge in [-0.15, -0.1) is 0 Å². The van der Waals surface area contributed by atoms with Crippen molar-refractivity contribution in [3.63, 3.8) is 0 Å². The molecule has 0 unspecified atom stereocenters. The van der Waals surface area contributed by atoms with E-state index in [0.717, 1.165) is 25.7 Å². The van der Waals surface area contributed by atoms with E-state index in [1.54, 1.807) is 0 Å². The Morgan fingerprint density at radius 1 is 0.588 bits per heavy atom. The summed E-state index contributed by atoms with van der Waals surface area (Å²) >= 11 is 0. The van der Waals surface area contributed by atoms with E-state index in [2.05, 4.69) is 6.92 Å². The molecule has 0 rings (SSSR count). The minimum absolute atomic E-state index is 0.389. The molecule has 0 aliphatic heterocycles. The van der Waals surface area contributed by atoms with Gasteiger partial charge in [0, 0.05) is 0 Å². The van der Waals surface area contributed by atoms with Crippen LogP contribution in [0.25, 0.3) is 0 Å². The summed E-state index contributed by atoms with van der Waals surface area (Å²) < 4.78 is 23.1. The molecular formula is C14H30O2S. The second kappa shape index (κ2) is 11.1. The lowest BCUT2D eigenvalue weighted by atomic mass is 10.1. The van der Waals surface area contributed by atoms with Crippen LogP contribution in [0.2, 0.25) is 0 Å². The molecule has 0 aromatic rings. The molecule has 0 aromatic carbocycles. The van der Waals surface area contributed by atoms with E-state index in [1.165, 1.54) is 38.5 Å². The van der Waals surface area contributed by atoms with Crippen LogP contribution in [0.15, 0.2) is 0 Å². The van der Waals surface area contributed by atoms with Gasteiger partial charge in [0.25, 0.3) is 0 Å². The first-order valence-corrected chi connectivity index (χ1v) is 9.15. The second-order valence-corrected chi connectivity index (χ2v) is 7.28. The van der Waals surface area contributed by atoms with Crippen LogP contribution in [0.4, 0.5) is 0 Å². The molecule has 0 radical (unpaired) electrons. The fourth-order valence-corrected chi connectivity index (χ4v) is 3.50. The van der Waals surface area contributed by atoms with Crippen molar-refractivity contribution < 1.29 is 8.42 Å². The van der Waals surface area contributed by atoms with Gasteiger partial charge in [-0.05, 0) is 12.8 Å². The van der Waals surface area contributed by atoms with Crippen LogP contribution in [0.5, 0.6) is 0 Å². The van der Waals surface area contributed by atoms with Crippen LogP contribution >= 0.6 is 0 Å². The Labute approximate surface area is 108 Å². The third-order valence-electron chi connectivity index (χ3n) is 3.12. The smallest absolute Gasteiger partial charge is 0.150 e. The Hall–Kier alpha value is -0.0500. The van der Waals surface area contributed by atoms with E-state index in [0.29, 0.717) is 11.5 Å². The molecule has 0 aliphatic carbocycles. The Kier molecular flexibility index (Phi) is 11.0. The van der Waals surface area contributed by atoms with Gasteiger partial charge < -0.3 is 0 Å². The Bertz CT molecular complexity index is 245. The molecule has 2 nitrogen and oxygen atoms in total. The molecule has 0 amide bonds. The largest absolute Gasteiger partial charge is 0.229 e. The first-order chi connectivity index (χ1) is 8.12. The highest BCUT2D eigenvalue weighted by molar-refractivity contribution is 7.91. The van der Waals surface area contributed by atoms with Crippen LogP contribution in [0.3, 0.4) is 0 Å². The number of hydrogen-bond donors (Lipinski definition) is 0. The Morgan fingerprint density at radius 2 is 1.00 bits per heavy atom. The van der Waals surface area contributed by atoms with Crippen LogP contribution in [0, 0.1) is 0 Å². The van der Waals surface area contributed by atoms with Gasteiger partial charge in [-0.2, -0.15) is 0 Å². The highest BCUT2D eigenvalue weighted by Crippen LogP contribution is 2.09. The van der Waals surface area contributed by atoms with Crippen molar-refractivity contribution in [3.8, 4) is 0 Å². The summed E-state index contributed by atoms with van der Waals surface area (Å²) in [5.41, 5.74) is 0. The average molecular weight is 262 g/mol. The third-order valence-corrected chi connectivity index (χ3v) is 4.94. The fraction of sp³-hybridized carbons (Fsp3) is 1.00. The molecule has 0 saturated heterocycles. The third kappa shape index (κ3) is 12.2. The van der Waals surface area contributed by atoms with Gasteiger partial charge in [-0.3, -0.25) is 0 Å². The van der Waals surface area contributed by atoms with Gasteiger partial charge >= 0.3 is 0 Å². The number of hydrogen-bond acceptors (Lipinski definition) is 2. The van der Waals surface area contributed by atoms with Crippen LogP contribution in [-0.4, -0.2) is 19.9 Å². The standard InChI is InChI=1S/C14H30O2S/c1-3-5-7-8-9-10-11-12-14-17(15,16)13-6-4-2/h3-14H2,1-2H3. The molecule has 3 heteroatoms. The molecule has 0 saturated carbocycles. The first kappa shape index (κ1) is 16.9. The summed E-state index contributed by atoms with van der Waals surface area (Å²) in [5, 5.41) is 0. The van der Waals surface area contributed by atoms with E-state index in [9.17, 15) is 8.42 Å². The van der Waals surface area contributed by atoms with Crippen LogP contribution in [0.1, 0.15) is 78.1 Å². The first-order valence-electron chi connectivity index (χ1n) is 7.32. The van der Waals surface area contributed by atoms with Gasteiger partial charge in [0.2, 0.25) is 0 Å². The highest BCUT2D eigenvalue weighted by Gasteiger charge is 2.08. The van der Waals surface area contributed by atoms with Crippen molar-refractivity contribution in [1.29, 1.82) is 0 Å². The molecule has 0 N–H and O–H groups in total. The molecule has 104 valence electrons. The lowest BCUT2D eigenvalue weighted by molar-refractivity contribution is 0.571. The molecule has 0 aromatic heterocycles. The van der Waals surface area contributed by atoms with Gasteiger partial charge in [0.05, 0.1) is 11.5 Å². The van der Waals surface area contributed by atoms with Crippen LogP contribution in [-0.2, 0) is 9.84 Å². The summed E-state index contributed by atoms with van der Waals surface area (Å²) in [4.78, 5) is 0. The SMILES string of the molecule is CCCCCCCCCCS(=O)(=O)CCCC. The van der Waals surface area contributed by atoms with Gasteiger partial charge in [-0.1, -0.05) is 65.2 Å². The molecule has 0 aliphatic rings. The zero-order valence-electron chi connectivity index (χ0n) is 11.7. The maximum Gasteiger partial charge on any atom is 0.150 e. The van der Waals surface area contributed by atoms with Gasteiger partial charge in [0.15, 0.2) is 0 Å². The van der Waals surface area contributed by atoms with Gasteiger partial charge in [0.1, 0.15) is 9.84 Å². The summed E-state index contributed by atoms with van der Waals surface area (Å²) in [5.74, 6) is 0.794. The van der Waals surface area contributed by atoms with Crippen molar-refractivity contribution in [3.05, 3.63) is 0 Å². The zero-order valence-corrected chi connectivity index (χ0v) is 12.5. The normalized spacial score (nSPS) is 11.9. The minimum Gasteiger partial charge on any atom is -0.229 e.